The molecule has 1 amide bonds. The lowest BCUT2D eigenvalue weighted by atomic mass is 9.96. The predicted molar refractivity (Wildman–Crippen MR) is 98.2 cm³/mol. The van der Waals surface area contributed by atoms with Crippen molar-refractivity contribution in [3.8, 4) is 5.69 Å². The highest BCUT2D eigenvalue weighted by molar-refractivity contribution is 5.95. The molecule has 150 valence electrons. The first-order chi connectivity index (χ1) is 13.4. The number of halogens is 3. The van der Waals surface area contributed by atoms with E-state index in [1.807, 2.05) is 4.90 Å². The summed E-state index contributed by atoms with van der Waals surface area (Å²) in [7, 11) is 0. The van der Waals surface area contributed by atoms with Gasteiger partial charge in [-0.2, -0.15) is 18.3 Å². The molecule has 1 saturated heterocycles. The van der Waals surface area contributed by atoms with Crippen LogP contribution in [-0.2, 0) is 6.18 Å². The second-order valence-corrected chi connectivity index (χ2v) is 7.65. The maximum Gasteiger partial charge on any atom is 0.416 e. The van der Waals surface area contributed by atoms with Crippen molar-refractivity contribution in [2.24, 2.45) is 11.7 Å². The Morgan fingerprint density at radius 1 is 1.18 bits per heavy atom. The molecule has 1 aromatic heterocycles. The van der Waals surface area contributed by atoms with Crippen LogP contribution in [-0.4, -0.2) is 40.2 Å². The molecule has 0 bridgehead atoms. The molecule has 2 heterocycles. The number of carbonyl (C=O) groups excluding carboxylic acids is 1. The minimum atomic E-state index is -4.42. The van der Waals surface area contributed by atoms with E-state index in [2.05, 4.69) is 5.10 Å². The van der Waals surface area contributed by atoms with Crippen LogP contribution in [0.5, 0.6) is 0 Å². The van der Waals surface area contributed by atoms with Gasteiger partial charge in [-0.3, -0.25) is 4.79 Å². The van der Waals surface area contributed by atoms with Crippen molar-refractivity contribution in [1.29, 1.82) is 0 Å². The molecule has 2 aliphatic rings. The third kappa shape index (κ3) is 3.65. The summed E-state index contributed by atoms with van der Waals surface area (Å²) in [6.45, 7) is 1.93. The molecule has 0 unspecified atom stereocenters. The van der Waals surface area contributed by atoms with Crippen molar-refractivity contribution < 1.29 is 18.0 Å². The number of nitrogens with two attached hydrogens (primary N) is 1. The zero-order valence-corrected chi connectivity index (χ0v) is 15.5. The smallest absolute Gasteiger partial charge is 0.339 e. The van der Waals surface area contributed by atoms with Gasteiger partial charge in [0.2, 0.25) is 0 Å². The van der Waals surface area contributed by atoms with Crippen LogP contribution in [0.1, 0.15) is 53.2 Å². The largest absolute Gasteiger partial charge is 0.416 e. The fourth-order valence-electron chi connectivity index (χ4n) is 3.83. The molecule has 1 aromatic carbocycles. The van der Waals surface area contributed by atoms with E-state index in [4.69, 9.17) is 5.73 Å². The maximum absolute atomic E-state index is 13.1. The van der Waals surface area contributed by atoms with Crippen LogP contribution in [0.3, 0.4) is 0 Å². The van der Waals surface area contributed by atoms with Gasteiger partial charge in [-0.05, 0) is 56.3 Å². The Bertz CT molecular complexity index is 865. The summed E-state index contributed by atoms with van der Waals surface area (Å²) in [6.07, 6.45) is 0.673. The summed E-state index contributed by atoms with van der Waals surface area (Å²) in [4.78, 5) is 14.9. The number of likely N-dealkylation sites (tertiary alicyclic amines) is 1. The van der Waals surface area contributed by atoms with E-state index < -0.39 is 11.7 Å². The molecular weight excluding hydrogens is 369 g/mol. The quantitative estimate of drug-likeness (QED) is 0.865. The van der Waals surface area contributed by atoms with E-state index in [9.17, 15) is 18.0 Å². The van der Waals surface area contributed by atoms with Gasteiger partial charge in [-0.25, -0.2) is 4.68 Å². The van der Waals surface area contributed by atoms with Gasteiger partial charge < -0.3 is 10.6 Å². The number of alkyl halides is 3. The zero-order valence-electron chi connectivity index (χ0n) is 15.5. The number of hydrogen-bond donors (Lipinski definition) is 1. The van der Waals surface area contributed by atoms with Gasteiger partial charge in [-0.15, -0.1) is 0 Å². The number of carbonyl (C=O) groups is 1. The molecule has 5 nitrogen and oxygen atoms in total. The fourth-order valence-corrected chi connectivity index (χ4v) is 3.83. The Morgan fingerprint density at radius 3 is 2.50 bits per heavy atom. The first kappa shape index (κ1) is 19.0. The monoisotopic (exact) mass is 392 g/mol. The molecule has 2 N–H and O–H groups in total. The lowest BCUT2D eigenvalue weighted by Crippen LogP contribution is -2.40. The van der Waals surface area contributed by atoms with Crippen LogP contribution in [0.15, 0.2) is 30.5 Å². The number of hydrogen-bond acceptors (Lipinski definition) is 3. The van der Waals surface area contributed by atoms with E-state index in [1.165, 1.54) is 16.9 Å². The second kappa shape index (κ2) is 7.24. The van der Waals surface area contributed by atoms with Gasteiger partial charge in [0.05, 0.1) is 28.7 Å². The van der Waals surface area contributed by atoms with Crippen molar-refractivity contribution in [3.63, 3.8) is 0 Å². The summed E-state index contributed by atoms with van der Waals surface area (Å²) >= 11 is 0. The molecule has 0 atom stereocenters. The van der Waals surface area contributed by atoms with Crippen LogP contribution in [0, 0.1) is 5.92 Å². The predicted octanol–water partition coefficient (Wildman–Crippen LogP) is 3.58. The SMILES string of the molecule is NCC1CCN(C(=O)c2cnn(-c3cccc(C(F)(F)F)c3)c2C2CC2)CC1. The Kier molecular flexibility index (Phi) is 4.91. The standard InChI is InChI=1S/C20H23F3N4O/c21-20(22,23)15-2-1-3-16(10-15)27-18(14-4-5-14)17(12-25-27)19(28)26-8-6-13(11-24)7-9-26/h1-3,10,12-14H,4-9,11,24H2. The van der Waals surface area contributed by atoms with Crippen molar-refractivity contribution in [2.75, 3.05) is 19.6 Å². The van der Waals surface area contributed by atoms with Gasteiger partial charge >= 0.3 is 6.18 Å². The van der Waals surface area contributed by atoms with Crippen molar-refractivity contribution in [1.82, 2.24) is 14.7 Å². The lowest BCUT2D eigenvalue weighted by Gasteiger charge is -2.31. The molecule has 28 heavy (non-hydrogen) atoms. The summed E-state index contributed by atoms with van der Waals surface area (Å²) in [6, 6.07) is 5.09. The second-order valence-electron chi connectivity index (χ2n) is 7.65. The highest BCUT2D eigenvalue weighted by Gasteiger charge is 2.36. The Morgan fingerprint density at radius 2 is 1.89 bits per heavy atom. The lowest BCUT2D eigenvalue weighted by molar-refractivity contribution is -0.137. The zero-order chi connectivity index (χ0) is 19.9. The van der Waals surface area contributed by atoms with E-state index in [0.717, 1.165) is 43.5 Å². The maximum atomic E-state index is 13.1. The molecular formula is C20H23F3N4O. The van der Waals surface area contributed by atoms with Gasteiger partial charge in [0, 0.05) is 19.0 Å². The molecule has 2 fully saturated rings. The summed E-state index contributed by atoms with van der Waals surface area (Å²) < 4.78 is 40.8. The molecule has 1 aliphatic heterocycles. The number of amides is 1. The number of piperidine rings is 1. The number of rotatable bonds is 4. The highest BCUT2D eigenvalue weighted by atomic mass is 19.4. The van der Waals surface area contributed by atoms with E-state index >= 15 is 0 Å². The average molecular weight is 392 g/mol. The van der Waals surface area contributed by atoms with Crippen LogP contribution in [0.4, 0.5) is 13.2 Å². The summed E-state index contributed by atoms with van der Waals surface area (Å²) in [5.74, 6) is 0.521. The summed E-state index contributed by atoms with van der Waals surface area (Å²) in [5, 5.41) is 4.30. The van der Waals surface area contributed by atoms with Crippen molar-refractivity contribution in [3.05, 3.63) is 47.3 Å². The van der Waals surface area contributed by atoms with Crippen molar-refractivity contribution in [2.45, 2.75) is 37.8 Å². The molecule has 1 aliphatic carbocycles. The minimum Gasteiger partial charge on any atom is -0.339 e. The molecule has 0 spiro atoms. The molecule has 0 radical (unpaired) electrons. The van der Waals surface area contributed by atoms with Gasteiger partial charge in [-0.1, -0.05) is 6.07 Å². The minimum absolute atomic E-state index is 0.0874. The summed E-state index contributed by atoms with van der Waals surface area (Å²) in [5.41, 5.74) is 6.56. The first-order valence-corrected chi connectivity index (χ1v) is 9.63. The van der Waals surface area contributed by atoms with Crippen LogP contribution in [0.25, 0.3) is 5.69 Å². The van der Waals surface area contributed by atoms with Gasteiger partial charge in [0.25, 0.3) is 5.91 Å². The van der Waals surface area contributed by atoms with Gasteiger partial charge in [0.15, 0.2) is 0 Å². The van der Waals surface area contributed by atoms with Crippen LogP contribution < -0.4 is 5.73 Å². The molecule has 8 heteroatoms. The van der Waals surface area contributed by atoms with Crippen LogP contribution >= 0.6 is 0 Å². The van der Waals surface area contributed by atoms with Crippen molar-refractivity contribution >= 4 is 5.91 Å². The van der Waals surface area contributed by atoms with Gasteiger partial charge in [0.1, 0.15) is 0 Å². The highest BCUT2D eigenvalue weighted by Crippen LogP contribution is 2.43. The normalized spacial score (nSPS) is 18.5. The average Bonchev–Trinajstić information content (AvgIpc) is 3.44. The number of aromatic nitrogens is 2. The Balaban J connectivity index is 1.65. The first-order valence-electron chi connectivity index (χ1n) is 9.63. The van der Waals surface area contributed by atoms with E-state index in [1.54, 1.807) is 6.07 Å². The Labute approximate surface area is 161 Å². The Hall–Kier alpha value is -2.35. The fraction of sp³-hybridized carbons (Fsp3) is 0.500. The molecule has 2 aromatic rings. The van der Waals surface area contributed by atoms with E-state index in [-0.39, 0.29) is 11.8 Å². The number of benzene rings is 1. The third-order valence-electron chi connectivity index (χ3n) is 5.65. The van der Waals surface area contributed by atoms with Crippen LogP contribution in [0.2, 0.25) is 0 Å². The molecule has 1 saturated carbocycles. The third-order valence-corrected chi connectivity index (χ3v) is 5.65. The van der Waals surface area contributed by atoms with E-state index in [0.29, 0.717) is 36.8 Å². The number of nitrogens with zero attached hydrogens (tertiary/aromatic N) is 3. The molecule has 4 rings (SSSR count). The topological polar surface area (TPSA) is 64.2 Å².